The van der Waals surface area contributed by atoms with Crippen LogP contribution in [0.25, 0.3) is 0 Å². The first-order chi connectivity index (χ1) is 16.5. The predicted molar refractivity (Wildman–Crippen MR) is 143 cm³/mol. The van der Waals surface area contributed by atoms with Gasteiger partial charge in [0.2, 0.25) is 0 Å². The molecule has 7 heteroatoms. The van der Waals surface area contributed by atoms with E-state index in [-0.39, 0.29) is 23.9 Å². The molecule has 5 nitrogen and oxygen atoms in total. The van der Waals surface area contributed by atoms with Gasteiger partial charge in [-0.15, -0.1) is 29.8 Å². The third kappa shape index (κ3) is 6.00. The number of Topliss-reactive ketones (excluding diaryl/α,β-unsaturated/α-hetero) is 1. The van der Waals surface area contributed by atoms with E-state index >= 15 is 0 Å². The molecule has 1 aromatic carbocycles. The van der Waals surface area contributed by atoms with Crippen LogP contribution in [0.1, 0.15) is 47.5 Å². The Morgan fingerprint density at radius 2 is 1.77 bits per heavy atom. The molecular weight excluding hydrogens is 485 g/mol. The van der Waals surface area contributed by atoms with Crippen LogP contribution in [-0.2, 0) is 14.4 Å². The molecule has 0 saturated heterocycles. The van der Waals surface area contributed by atoms with E-state index in [9.17, 15) is 14.4 Å². The molecule has 0 aliphatic heterocycles. The highest BCUT2D eigenvalue weighted by Crippen LogP contribution is 2.55. The summed E-state index contributed by atoms with van der Waals surface area (Å²) < 4.78 is 5.67. The van der Waals surface area contributed by atoms with Gasteiger partial charge in [0.05, 0.1) is 6.42 Å². The summed E-state index contributed by atoms with van der Waals surface area (Å²) in [6.45, 7) is 14.5. The number of nitrogens with zero attached hydrogens (tertiary/aromatic N) is 1. The number of carbonyl (C=O) groups excluding carboxylic acids is 3. The van der Waals surface area contributed by atoms with Crippen molar-refractivity contribution in [2.75, 3.05) is 29.7 Å². The Balaban J connectivity index is 2.27. The Bertz CT molecular complexity index is 966. The van der Waals surface area contributed by atoms with Gasteiger partial charge in [0.1, 0.15) is 5.75 Å². The lowest BCUT2D eigenvalue weighted by molar-refractivity contribution is -0.154. The number of hydrogen-bond donors (Lipinski definition) is 0. The average Bonchev–Trinajstić information content (AvgIpc) is 2.81. The van der Waals surface area contributed by atoms with Crippen molar-refractivity contribution in [3.05, 3.63) is 48.6 Å². The lowest BCUT2D eigenvalue weighted by Gasteiger charge is -2.51. The molecule has 3 atom stereocenters. The summed E-state index contributed by atoms with van der Waals surface area (Å²) >= 11 is 11.8. The van der Waals surface area contributed by atoms with Crippen LogP contribution in [0.3, 0.4) is 0 Å². The quantitative estimate of drug-likeness (QED) is 0.141. The number of rotatable bonds is 12. The molecule has 1 aromatic rings. The van der Waals surface area contributed by atoms with Gasteiger partial charge in [-0.25, -0.2) is 0 Å². The highest BCUT2D eigenvalue weighted by Gasteiger charge is 2.58. The highest BCUT2D eigenvalue weighted by molar-refractivity contribution is 6.18. The van der Waals surface area contributed by atoms with Crippen molar-refractivity contribution < 1.29 is 19.1 Å². The molecule has 0 fully saturated rings. The number of carbonyl (C=O) groups is 3. The predicted octanol–water partition coefficient (Wildman–Crippen LogP) is 6.23. The van der Waals surface area contributed by atoms with Gasteiger partial charge in [0.15, 0.2) is 11.6 Å². The van der Waals surface area contributed by atoms with Crippen LogP contribution < -0.4 is 9.64 Å². The second kappa shape index (κ2) is 12.2. The van der Waals surface area contributed by atoms with Crippen molar-refractivity contribution in [2.45, 2.75) is 47.5 Å². The molecular formula is C28H37Cl2NO4. The Morgan fingerprint density at radius 3 is 2.26 bits per heavy atom. The SMILES string of the molecule is C=CCC1=CC(=O)C(C)(C(C)(CC(=O)Oc2ccc(N(CCCl)CCCl)cc2)C(C)C)C(C)C1=O. The van der Waals surface area contributed by atoms with E-state index in [1.165, 1.54) is 6.08 Å². The molecule has 0 N–H and O–H groups in total. The number of esters is 1. The van der Waals surface area contributed by atoms with E-state index in [4.69, 9.17) is 27.9 Å². The normalized spacial score (nSPS) is 21.9. The Kier molecular flexibility index (Phi) is 10.2. The number of ketones is 2. The van der Waals surface area contributed by atoms with Gasteiger partial charge in [-0.3, -0.25) is 14.4 Å². The van der Waals surface area contributed by atoms with Gasteiger partial charge in [0.25, 0.3) is 0 Å². The minimum absolute atomic E-state index is 0.00152. The first-order valence-electron chi connectivity index (χ1n) is 12.0. The van der Waals surface area contributed by atoms with Crippen LogP contribution in [0.4, 0.5) is 5.69 Å². The van der Waals surface area contributed by atoms with Gasteiger partial charge in [-0.1, -0.05) is 40.7 Å². The standard InChI is InChI=1S/C28H37Cl2NO4/c1-7-8-21-17-24(32)28(6,20(4)26(21)34)27(5,19(2)3)18-25(33)35-23-11-9-22(10-12-23)31(15-13-29)16-14-30/h7,9-12,17,19-20H,1,8,13-16,18H2,2-6H3. The number of benzene rings is 1. The first-order valence-corrected chi connectivity index (χ1v) is 13.1. The van der Waals surface area contributed by atoms with Crippen LogP contribution in [0.5, 0.6) is 5.75 Å². The fraction of sp³-hybridized carbons (Fsp3) is 0.536. The van der Waals surface area contributed by atoms with Gasteiger partial charge < -0.3 is 9.64 Å². The summed E-state index contributed by atoms with van der Waals surface area (Å²) in [5, 5.41) is 0. The zero-order valence-electron chi connectivity index (χ0n) is 21.4. The van der Waals surface area contributed by atoms with Crippen molar-refractivity contribution in [3.8, 4) is 5.75 Å². The maximum atomic E-state index is 13.4. The summed E-state index contributed by atoms with van der Waals surface area (Å²) in [7, 11) is 0. The van der Waals surface area contributed by atoms with Crippen LogP contribution in [0, 0.1) is 22.7 Å². The monoisotopic (exact) mass is 521 g/mol. The van der Waals surface area contributed by atoms with Gasteiger partial charge in [-0.2, -0.15) is 0 Å². The number of hydrogen-bond acceptors (Lipinski definition) is 5. The zero-order valence-corrected chi connectivity index (χ0v) is 22.9. The van der Waals surface area contributed by atoms with Crippen LogP contribution in [0.2, 0.25) is 0 Å². The van der Waals surface area contributed by atoms with Gasteiger partial charge in [-0.05, 0) is 48.1 Å². The third-order valence-electron chi connectivity index (χ3n) is 7.87. The summed E-state index contributed by atoms with van der Waals surface area (Å²) in [6, 6.07) is 7.20. The zero-order chi connectivity index (χ0) is 26.4. The number of halogens is 2. The van der Waals surface area contributed by atoms with E-state index < -0.39 is 22.7 Å². The highest BCUT2D eigenvalue weighted by atomic mass is 35.5. The Labute approximate surface area is 219 Å². The number of allylic oxidation sites excluding steroid dienone is 3. The average molecular weight is 523 g/mol. The lowest BCUT2D eigenvalue weighted by atomic mass is 9.49. The topological polar surface area (TPSA) is 63.7 Å². The molecule has 35 heavy (non-hydrogen) atoms. The second-order valence-electron chi connectivity index (χ2n) is 9.90. The van der Waals surface area contributed by atoms with Gasteiger partial charge in [0, 0.05) is 47.4 Å². The molecule has 0 bridgehead atoms. The van der Waals surface area contributed by atoms with Crippen LogP contribution >= 0.6 is 23.2 Å². The Morgan fingerprint density at radius 1 is 1.20 bits per heavy atom. The molecule has 3 unspecified atom stereocenters. The molecule has 0 amide bonds. The number of anilines is 1. The molecule has 0 saturated carbocycles. The third-order valence-corrected chi connectivity index (χ3v) is 8.21. The summed E-state index contributed by atoms with van der Waals surface area (Å²) in [6.07, 6.45) is 3.43. The maximum absolute atomic E-state index is 13.4. The minimum atomic E-state index is -1.05. The van der Waals surface area contributed by atoms with Gasteiger partial charge >= 0.3 is 5.97 Å². The largest absolute Gasteiger partial charge is 0.427 e. The van der Waals surface area contributed by atoms with Crippen LogP contribution in [0.15, 0.2) is 48.6 Å². The summed E-state index contributed by atoms with van der Waals surface area (Å²) in [5.41, 5.74) is -0.437. The van der Waals surface area contributed by atoms with Crippen molar-refractivity contribution in [1.82, 2.24) is 0 Å². The van der Waals surface area contributed by atoms with Crippen molar-refractivity contribution in [1.29, 1.82) is 0 Å². The molecule has 0 radical (unpaired) electrons. The fourth-order valence-electron chi connectivity index (χ4n) is 4.98. The summed E-state index contributed by atoms with van der Waals surface area (Å²) in [4.78, 5) is 41.7. The number of ether oxygens (including phenoxy) is 1. The molecule has 0 heterocycles. The van der Waals surface area contributed by atoms with Crippen molar-refractivity contribution in [2.24, 2.45) is 22.7 Å². The molecule has 0 spiro atoms. The van der Waals surface area contributed by atoms with E-state index in [1.54, 1.807) is 25.1 Å². The van der Waals surface area contributed by atoms with Crippen LogP contribution in [-0.4, -0.2) is 42.4 Å². The first kappa shape index (κ1) is 29.1. The molecule has 192 valence electrons. The fourth-order valence-corrected chi connectivity index (χ4v) is 5.39. The molecule has 2 rings (SSSR count). The minimum Gasteiger partial charge on any atom is -0.427 e. The van der Waals surface area contributed by atoms with Crippen molar-refractivity contribution in [3.63, 3.8) is 0 Å². The molecule has 1 aliphatic rings. The molecule has 0 aromatic heterocycles. The summed E-state index contributed by atoms with van der Waals surface area (Å²) in [5.74, 6) is 0.101. The van der Waals surface area contributed by atoms with Crippen molar-refractivity contribution >= 4 is 46.4 Å². The van der Waals surface area contributed by atoms with E-state index in [2.05, 4.69) is 11.5 Å². The Hall–Kier alpha value is -2.11. The molecule has 1 aliphatic carbocycles. The van der Waals surface area contributed by atoms with E-state index in [1.807, 2.05) is 39.8 Å². The second-order valence-corrected chi connectivity index (χ2v) is 10.7. The smallest absolute Gasteiger partial charge is 0.311 e. The van der Waals surface area contributed by atoms with E-state index in [0.29, 0.717) is 42.6 Å². The lowest BCUT2D eigenvalue weighted by Crippen LogP contribution is -2.55. The maximum Gasteiger partial charge on any atom is 0.311 e. The number of alkyl halides is 2. The van der Waals surface area contributed by atoms with E-state index in [0.717, 1.165) is 5.69 Å².